The number of rotatable bonds is 6. The molecule has 0 aliphatic heterocycles. The van der Waals surface area contributed by atoms with E-state index in [2.05, 4.69) is 10.4 Å². The monoisotopic (exact) mass is 317 g/mol. The number of hydrogen-bond acceptors (Lipinski definition) is 4. The van der Waals surface area contributed by atoms with E-state index < -0.39 is 11.5 Å². The number of hydrogen-bond donors (Lipinski definition) is 2. The molecule has 0 radical (unpaired) electrons. The molecule has 0 bridgehead atoms. The van der Waals surface area contributed by atoms with Crippen molar-refractivity contribution in [1.29, 1.82) is 0 Å². The summed E-state index contributed by atoms with van der Waals surface area (Å²) in [6.07, 6.45) is 3.07. The van der Waals surface area contributed by atoms with E-state index in [4.69, 9.17) is 4.74 Å². The van der Waals surface area contributed by atoms with E-state index in [0.717, 1.165) is 5.56 Å². The summed E-state index contributed by atoms with van der Waals surface area (Å²) < 4.78 is 6.51. The predicted octanol–water partition coefficient (Wildman–Crippen LogP) is 1.89. The Morgan fingerprint density at radius 2 is 2.04 bits per heavy atom. The zero-order chi connectivity index (χ0) is 17.0. The lowest BCUT2D eigenvalue weighted by molar-refractivity contribution is -0.146. The van der Waals surface area contributed by atoms with Gasteiger partial charge in [-0.3, -0.25) is 9.48 Å². The Balaban J connectivity index is 2.07. The number of benzene rings is 1. The van der Waals surface area contributed by atoms with Gasteiger partial charge in [0.05, 0.1) is 25.4 Å². The number of nitrogens with zero attached hydrogens (tertiary/aromatic N) is 2. The van der Waals surface area contributed by atoms with Crippen LogP contribution in [0.5, 0.6) is 5.75 Å². The highest BCUT2D eigenvalue weighted by atomic mass is 16.5. The van der Waals surface area contributed by atoms with Gasteiger partial charge in [-0.15, -0.1) is 0 Å². The number of para-hydroxylation sites is 1. The molecule has 7 heteroatoms. The zero-order valence-electron chi connectivity index (χ0n) is 13.2. The molecular weight excluding hydrogens is 298 g/mol. The highest BCUT2D eigenvalue weighted by Crippen LogP contribution is 2.20. The van der Waals surface area contributed by atoms with Crippen LogP contribution in [0.1, 0.15) is 19.4 Å². The van der Waals surface area contributed by atoms with Gasteiger partial charge in [0.1, 0.15) is 5.75 Å². The highest BCUT2D eigenvalue weighted by molar-refractivity contribution is 5.92. The van der Waals surface area contributed by atoms with Crippen LogP contribution in [0, 0.1) is 0 Å². The Labute approximate surface area is 133 Å². The van der Waals surface area contributed by atoms with Crippen molar-refractivity contribution in [1.82, 2.24) is 9.78 Å². The van der Waals surface area contributed by atoms with Gasteiger partial charge in [0.15, 0.2) is 5.54 Å². The van der Waals surface area contributed by atoms with Crippen LogP contribution in [0.4, 0.5) is 5.69 Å². The van der Waals surface area contributed by atoms with Gasteiger partial charge in [0.2, 0.25) is 5.91 Å². The standard InChI is InChI=1S/C16H19N3O4/c1-16(2,15(21)22)19-10-12(9-17-19)18-14(20)8-11-6-4-5-7-13(11)23-3/h4-7,9-10H,8H2,1-3H3,(H,18,20)(H,21,22). The number of carboxylic acid groups (broad SMARTS) is 1. The van der Waals surface area contributed by atoms with Gasteiger partial charge >= 0.3 is 5.97 Å². The maximum Gasteiger partial charge on any atom is 0.331 e. The molecule has 2 rings (SSSR count). The van der Waals surface area contributed by atoms with E-state index >= 15 is 0 Å². The van der Waals surface area contributed by atoms with Crippen LogP contribution in [-0.4, -0.2) is 33.9 Å². The van der Waals surface area contributed by atoms with Crippen LogP contribution < -0.4 is 10.1 Å². The second kappa shape index (κ2) is 6.51. The number of aliphatic carboxylic acids is 1. The first kappa shape index (κ1) is 16.5. The average Bonchev–Trinajstić information content (AvgIpc) is 2.96. The lowest BCUT2D eigenvalue weighted by Crippen LogP contribution is -2.35. The van der Waals surface area contributed by atoms with Gasteiger partial charge in [-0.1, -0.05) is 18.2 Å². The van der Waals surface area contributed by atoms with E-state index in [9.17, 15) is 14.7 Å². The van der Waals surface area contributed by atoms with Gasteiger partial charge in [0, 0.05) is 11.8 Å². The largest absolute Gasteiger partial charge is 0.496 e. The quantitative estimate of drug-likeness (QED) is 0.848. The Morgan fingerprint density at radius 1 is 1.35 bits per heavy atom. The first-order valence-electron chi connectivity index (χ1n) is 7.05. The van der Waals surface area contributed by atoms with Gasteiger partial charge in [-0.25, -0.2) is 4.79 Å². The van der Waals surface area contributed by atoms with E-state index in [1.54, 1.807) is 13.2 Å². The SMILES string of the molecule is COc1ccccc1CC(=O)Nc1cnn(C(C)(C)C(=O)O)c1. The molecule has 7 nitrogen and oxygen atoms in total. The van der Waals surface area contributed by atoms with Crippen LogP contribution >= 0.6 is 0 Å². The minimum absolute atomic E-state index is 0.150. The maximum atomic E-state index is 12.1. The molecule has 0 saturated carbocycles. The molecule has 2 N–H and O–H groups in total. The predicted molar refractivity (Wildman–Crippen MR) is 84.5 cm³/mol. The summed E-state index contributed by atoms with van der Waals surface area (Å²) in [6.45, 7) is 3.06. The van der Waals surface area contributed by atoms with Crippen LogP contribution in [0.3, 0.4) is 0 Å². The number of ether oxygens (including phenoxy) is 1. The number of aromatic nitrogens is 2. The van der Waals surface area contributed by atoms with Crippen molar-refractivity contribution in [2.24, 2.45) is 0 Å². The number of carboxylic acids is 1. The molecule has 0 fully saturated rings. The lowest BCUT2D eigenvalue weighted by Gasteiger charge is -2.19. The molecule has 122 valence electrons. The molecule has 1 aromatic heterocycles. The summed E-state index contributed by atoms with van der Waals surface area (Å²) >= 11 is 0. The fourth-order valence-electron chi connectivity index (χ4n) is 2.02. The fourth-order valence-corrected chi connectivity index (χ4v) is 2.02. The third-order valence-corrected chi connectivity index (χ3v) is 3.51. The van der Waals surface area contributed by atoms with Crippen molar-refractivity contribution in [3.63, 3.8) is 0 Å². The van der Waals surface area contributed by atoms with Crippen LogP contribution in [0.2, 0.25) is 0 Å². The van der Waals surface area contributed by atoms with Crippen molar-refractivity contribution in [2.75, 3.05) is 12.4 Å². The molecule has 0 unspecified atom stereocenters. The third kappa shape index (κ3) is 3.68. The summed E-state index contributed by atoms with van der Waals surface area (Å²) in [5, 5.41) is 15.9. The van der Waals surface area contributed by atoms with Gasteiger partial charge in [0.25, 0.3) is 0 Å². The molecule has 0 aliphatic rings. The van der Waals surface area contributed by atoms with Crippen molar-refractivity contribution in [3.05, 3.63) is 42.2 Å². The first-order valence-corrected chi connectivity index (χ1v) is 7.05. The molecule has 1 amide bonds. The van der Waals surface area contributed by atoms with Gasteiger partial charge in [-0.2, -0.15) is 5.10 Å². The molecule has 0 atom stereocenters. The Morgan fingerprint density at radius 3 is 2.70 bits per heavy atom. The van der Waals surface area contributed by atoms with Crippen LogP contribution in [-0.2, 0) is 21.5 Å². The van der Waals surface area contributed by atoms with E-state index in [0.29, 0.717) is 11.4 Å². The summed E-state index contributed by atoms with van der Waals surface area (Å²) in [6, 6.07) is 7.27. The maximum absolute atomic E-state index is 12.1. The van der Waals surface area contributed by atoms with Crippen LogP contribution in [0.25, 0.3) is 0 Å². The average molecular weight is 317 g/mol. The van der Waals surface area contributed by atoms with Crippen molar-refractivity contribution in [3.8, 4) is 5.75 Å². The minimum Gasteiger partial charge on any atom is -0.496 e. The molecule has 1 heterocycles. The fraction of sp³-hybridized carbons (Fsp3) is 0.312. The highest BCUT2D eigenvalue weighted by Gasteiger charge is 2.30. The number of carbonyl (C=O) groups excluding carboxylic acids is 1. The van der Waals surface area contributed by atoms with E-state index in [-0.39, 0.29) is 12.3 Å². The Hall–Kier alpha value is -2.83. The topological polar surface area (TPSA) is 93.5 Å². The van der Waals surface area contributed by atoms with E-state index in [1.165, 1.54) is 30.9 Å². The second-order valence-electron chi connectivity index (χ2n) is 5.57. The molecule has 0 aliphatic carbocycles. The molecule has 2 aromatic rings. The number of anilines is 1. The number of amides is 1. The summed E-state index contributed by atoms with van der Waals surface area (Å²) in [5.74, 6) is -0.597. The van der Waals surface area contributed by atoms with Gasteiger partial charge in [-0.05, 0) is 19.9 Å². The third-order valence-electron chi connectivity index (χ3n) is 3.51. The van der Waals surface area contributed by atoms with Crippen molar-refractivity contribution >= 4 is 17.6 Å². The zero-order valence-corrected chi connectivity index (χ0v) is 13.2. The Kier molecular flexibility index (Phi) is 4.68. The molecule has 1 aromatic carbocycles. The number of carbonyl (C=O) groups is 2. The second-order valence-corrected chi connectivity index (χ2v) is 5.57. The first-order chi connectivity index (χ1) is 10.8. The van der Waals surface area contributed by atoms with Crippen molar-refractivity contribution in [2.45, 2.75) is 25.8 Å². The molecular formula is C16H19N3O4. The molecule has 0 spiro atoms. The summed E-state index contributed by atoms with van der Waals surface area (Å²) in [4.78, 5) is 23.3. The smallest absolute Gasteiger partial charge is 0.331 e. The molecule has 23 heavy (non-hydrogen) atoms. The normalized spacial score (nSPS) is 11.1. The lowest BCUT2D eigenvalue weighted by atomic mass is 10.1. The van der Waals surface area contributed by atoms with Gasteiger partial charge < -0.3 is 15.2 Å². The van der Waals surface area contributed by atoms with Crippen LogP contribution in [0.15, 0.2) is 36.7 Å². The Bertz CT molecular complexity index is 722. The molecule has 0 saturated heterocycles. The van der Waals surface area contributed by atoms with Crippen molar-refractivity contribution < 1.29 is 19.4 Å². The summed E-state index contributed by atoms with van der Waals surface area (Å²) in [5.41, 5.74) is 0.0241. The summed E-state index contributed by atoms with van der Waals surface area (Å²) in [7, 11) is 1.55. The van der Waals surface area contributed by atoms with E-state index in [1.807, 2.05) is 18.2 Å². The number of nitrogens with one attached hydrogen (secondary N) is 1. The number of methoxy groups -OCH3 is 1. The minimum atomic E-state index is -1.19.